The molecule has 1 aromatic heterocycles. The molecular weight excluding hydrogens is 238 g/mol. The second-order valence-corrected chi connectivity index (χ2v) is 4.76. The minimum atomic E-state index is 0.586. The van der Waals surface area contributed by atoms with Gasteiger partial charge in [0.1, 0.15) is 5.82 Å². The molecule has 2 rings (SSSR count). The summed E-state index contributed by atoms with van der Waals surface area (Å²) in [7, 11) is 0. The van der Waals surface area contributed by atoms with Crippen molar-refractivity contribution in [3.63, 3.8) is 0 Å². The van der Waals surface area contributed by atoms with Crippen molar-refractivity contribution in [2.45, 2.75) is 18.8 Å². The molecular formula is C7H10BrN3S. The Morgan fingerprint density at radius 1 is 1.58 bits per heavy atom. The van der Waals surface area contributed by atoms with E-state index in [0.717, 1.165) is 5.82 Å². The van der Waals surface area contributed by atoms with Crippen LogP contribution in [0.2, 0.25) is 0 Å². The molecule has 0 aromatic carbocycles. The van der Waals surface area contributed by atoms with Crippen molar-refractivity contribution in [1.82, 2.24) is 15.2 Å². The zero-order valence-corrected chi connectivity index (χ0v) is 8.99. The van der Waals surface area contributed by atoms with E-state index >= 15 is 0 Å². The first kappa shape index (κ1) is 8.56. The maximum Gasteiger partial charge on any atom is 0.217 e. The number of nitrogens with one attached hydrogen (secondary N) is 1. The van der Waals surface area contributed by atoms with Gasteiger partial charge < -0.3 is 0 Å². The largest absolute Gasteiger partial charge is 0.262 e. The number of hydrogen-bond acceptors (Lipinski definition) is 3. The van der Waals surface area contributed by atoms with E-state index in [4.69, 9.17) is 0 Å². The number of H-pyrrole nitrogens is 1. The standard InChI is InChI=1S/C7H10BrN3S/c8-7-9-6(10-11-7)5-2-1-3-12-4-5/h5H,1-4H2,(H,9,10,11). The Morgan fingerprint density at radius 3 is 3.08 bits per heavy atom. The van der Waals surface area contributed by atoms with Crippen LogP contribution in [0.3, 0.4) is 0 Å². The van der Waals surface area contributed by atoms with E-state index in [0.29, 0.717) is 10.7 Å². The Balaban J connectivity index is 2.08. The summed E-state index contributed by atoms with van der Waals surface area (Å²) in [5.41, 5.74) is 0. The summed E-state index contributed by atoms with van der Waals surface area (Å²) in [4.78, 5) is 4.27. The summed E-state index contributed by atoms with van der Waals surface area (Å²) in [6.07, 6.45) is 2.54. The molecule has 3 nitrogen and oxygen atoms in total. The van der Waals surface area contributed by atoms with Crippen molar-refractivity contribution in [2.75, 3.05) is 11.5 Å². The third-order valence-electron chi connectivity index (χ3n) is 2.02. The van der Waals surface area contributed by atoms with Crippen LogP contribution in [0.4, 0.5) is 0 Å². The average molecular weight is 248 g/mol. The number of aromatic nitrogens is 3. The number of halogens is 1. The number of thioether (sulfide) groups is 1. The molecule has 2 heterocycles. The van der Waals surface area contributed by atoms with Gasteiger partial charge in [-0.15, -0.1) is 5.10 Å². The second kappa shape index (κ2) is 3.79. The minimum Gasteiger partial charge on any atom is -0.262 e. The molecule has 0 radical (unpaired) electrons. The molecule has 0 saturated carbocycles. The van der Waals surface area contributed by atoms with E-state index in [9.17, 15) is 0 Å². The lowest BCUT2D eigenvalue weighted by atomic mass is 10.1. The van der Waals surface area contributed by atoms with Gasteiger partial charge in [-0.1, -0.05) is 0 Å². The molecule has 1 unspecified atom stereocenters. The van der Waals surface area contributed by atoms with Crippen LogP contribution in [0.15, 0.2) is 4.73 Å². The van der Waals surface area contributed by atoms with Crippen LogP contribution in [0, 0.1) is 0 Å². The van der Waals surface area contributed by atoms with Crippen LogP contribution >= 0.6 is 27.7 Å². The summed E-state index contributed by atoms with van der Waals surface area (Å²) in [5.74, 6) is 4.10. The highest BCUT2D eigenvalue weighted by Gasteiger charge is 2.18. The van der Waals surface area contributed by atoms with Gasteiger partial charge in [-0.2, -0.15) is 11.8 Å². The molecule has 1 aliphatic rings. The summed E-state index contributed by atoms with van der Waals surface area (Å²) in [6.45, 7) is 0. The fourth-order valence-electron chi connectivity index (χ4n) is 1.39. The van der Waals surface area contributed by atoms with Crippen LogP contribution in [0.25, 0.3) is 0 Å². The quantitative estimate of drug-likeness (QED) is 0.828. The molecule has 1 saturated heterocycles. The molecule has 1 atom stereocenters. The van der Waals surface area contributed by atoms with Crippen molar-refractivity contribution < 1.29 is 0 Å². The van der Waals surface area contributed by atoms with Crippen molar-refractivity contribution in [3.8, 4) is 0 Å². The predicted octanol–water partition coefficient (Wildman–Crippen LogP) is 2.18. The summed E-state index contributed by atoms with van der Waals surface area (Å²) < 4.78 is 0.674. The van der Waals surface area contributed by atoms with Gasteiger partial charge in [0.25, 0.3) is 0 Å². The van der Waals surface area contributed by atoms with Gasteiger partial charge >= 0.3 is 0 Å². The number of hydrogen-bond donors (Lipinski definition) is 1. The fourth-order valence-corrected chi connectivity index (χ4v) is 2.82. The molecule has 1 N–H and O–H groups in total. The van der Waals surface area contributed by atoms with E-state index in [1.165, 1.54) is 24.3 Å². The predicted molar refractivity (Wildman–Crippen MR) is 53.4 cm³/mol. The zero-order chi connectivity index (χ0) is 8.39. The smallest absolute Gasteiger partial charge is 0.217 e. The first-order chi connectivity index (χ1) is 5.86. The zero-order valence-electron chi connectivity index (χ0n) is 6.59. The Kier molecular flexibility index (Phi) is 2.70. The van der Waals surface area contributed by atoms with Gasteiger partial charge in [0, 0.05) is 11.7 Å². The Hall–Kier alpha value is -0.0300. The highest BCUT2D eigenvalue weighted by Crippen LogP contribution is 2.29. The van der Waals surface area contributed by atoms with Crippen LogP contribution < -0.4 is 0 Å². The summed E-state index contributed by atoms with van der Waals surface area (Å²) in [5, 5.41) is 6.92. The topological polar surface area (TPSA) is 41.6 Å². The lowest BCUT2D eigenvalue weighted by Gasteiger charge is -2.18. The van der Waals surface area contributed by atoms with Gasteiger partial charge in [0.05, 0.1) is 0 Å². The van der Waals surface area contributed by atoms with Gasteiger partial charge in [-0.25, -0.2) is 4.98 Å². The van der Waals surface area contributed by atoms with Crippen LogP contribution in [0.5, 0.6) is 0 Å². The van der Waals surface area contributed by atoms with Crippen molar-refractivity contribution in [1.29, 1.82) is 0 Å². The normalized spacial score (nSPS) is 24.2. The third kappa shape index (κ3) is 1.82. The monoisotopic (exact) mass is 247 g/mol. The van der Waals surface area contributed by atoms with Crippen molar-refractivity contribution in [3.05, 3.63) is 10.6 Å². The van der Waals surface area contributed by atoms with Gasteiger partial charge in [-0.05, 0) is 34.5 Å². The molecule has 1 aliphatic heterocycles. The third-order valence-corrected chi connectivity index (χ3v) is 3.59. The number of aromatic amines is 1. The molecule has 0 aliphatic carbocycles. The molecule has 0 amide bonds. The van der Waals surface area contributed by atoms with Gasteiger partial charge in [0.2, 0.25) is 4.73 Å². The van der Waals surface area contributed by atoms with E-state index in [1.54, 1.807) is 0 Å². The van der Waals surface area contributed by atoms with E-state index in [2.05, 4.69) is 31.1 Å². The molecule has 5 heteroatoms. The Bertz CT molecular complexity index is 257. The summed E-state index contributed by atoms with van der Waals surface area (Å²) in [6, 6.07) is 0. The summed E-state index contributed by atoms with van der Waals surface area (Å²) >= 11 is 5.24. The Morgan fingerprint density at radius 2 is 2.50 bits per heavy atom. The molecule has 1 fully saturated rings. The molecule has 0 bridgehead atoms. The number of rotatable bonds is 1. The number of nitrogens with zero attached hydrogens (tertiary/aromatic N) is 2. The fraction of sp³-hybridized carbons (Fsp3) is 0.714. The van der Waals surface area contributed by atoms with Crippen LogP contribution in [0.1, 0.15) is 24.6 Å². The lowest BCUT2D eigenvalue weighted by Crippen LogP contribution is -2.10. The molecule has 66 valence electrons. The van der Waals surface area contributed by atoms with Crippen molar-refractivity contribution >= 4 is 27.7 Å². The highest BCUT2D eigenvalue weighted by molar-refractivity contribution is 9.10. The van der Waals surface area contributed by atoms with Gasteiger partial charge in [0.15, 0.2) is 0 Å². The molecule has 1 aromatic rings. The average Bonchev–Trinajstić information content (AvgIpc) is 2.54. The van der Waals surface area contributed by atoms with E-state index in [-0.39, 0.29) is 0 Å². The maximum atomic E-state index is 4.27. The lowest BCUT2D eigenvalue weighted by molar-refractivity contribution is 0.625. The van der Waals surface area contributed by atoms with Crippen molar-refractivity contribution in [2.24, 2.45) is 0 Å². The van der Waals surface area contributed by atoms with E-state index < -0.39 is 0 Å². The van der Waals surface area contributed by atoms with Crippen LogP contribution in [-0.2, 0) is 0 Å². The minimum absolute atomic E-state index is 0.586. The Labute approximate surface area is 83.9 Å². The first-order valence-corrected chi connectivity index (χ1v) is 5.96. The van der Waals surface area contributed by atoms with Crippen LogP contribution in [-0.4, -0.2) is 26.7 Å². The molecule has 12 heavy (non-hydrogen) atoms. The maximum absolute atomic E-state index is 4.27. The second-order valence-electron chi connectivity index (χ2n) is 2.90. The van der Waals surface area contributed by atoms with Gasteiger partial charge in [-0.3, -0.25) is 5.10 Å². The SMILES string of the molecule is Brc1n[nH]c(C2CCCSC2)n1. The highest BCUT2D eigenvalue weighted by atomic mass is 79.9. The van der Waals surface area contributed by atoms with E-state index in [1.807, 2.05) is 11.8 Å². The molecule has 0 spiro atoms. The first-order valence-electron chi connectivity index (χ1n) is 4.02.